The molecule has 0 saturated carbocycles. The molecule has 1 atom stereocenters. The molecule has 1 unspecified atom stereocenters. The third kappa shape index (κ3) is 6.84. The van der Waals surface area contributed by atoms with E-state index in [4.69, 9.17) is 16.3 Å². The largest absolute Gasteiger partial charge is 0.489 e. The Morgan fingerprint density at radius 1 is 1.33 bits per heavy atom. The molecule has 1 saturated heterocycles. The zero-order valence-electron chi connectivity index (χ0n) is 21.4. The first-order chi connectivity index (χ1) is 18.8. The van der Waals surface area contributed by atoms with E-state index < -0.39 is 11.7 Å². The number of nitrogens with zero attached hydrogens (tertiary/aromatic N) is 3. The molecule has 1 aliphatic rings. The summed E-state index contributed by atoms with van der Waals surface area (Å²) in [5.41, 5.74) is 0.978. The topological polar surface area (TPSA) is 108 Å². The average molecular weight is 620 g/mol. The molecule has 1 aromatic heterocycles. The van der Waals surface area contributed by atoms with Crippen molar-refractivity contribution < 1.29 is 18.7 Å². The Kier molecular flexibility index (Phi) is 9.71. The molecular formula is C27H29BrClFN6O3. The monoisotopic (exact) mass is 618 g/mol. The molecule has 3 aromatic rings. The SMILES string of the molecule is C=CC(=O)Nc1cc2c(Nc3ccc(Br)c(Cl)c3F)ncnc2cc1OCCN(C(=O)CC)C1CCCNC1. The first-order valence-corrected chi connectivity index (χ1v) is 13.7. The van der Waals surface area contributed by atoms with Crippen molar-refractivity contribution >= 4 is 67.4 Å². The first-order valence-electron chi connectivity index (χ1n) is 12.6. The van der Waals surface area contributed by atoms with Gasteiger partial charge in [-0.3, -0.25) is 9.59 Å². The van der Waals surface area contributed by atoms with E-state index in [9.17, 15) is 14.0 Å². The fraction of sp³-hybridized carbons (Fsp3) is 0.333. The quantitative estimate of drug-likeness (QED) is 0.205. The lowest BCUT2D eigenvalue weighted by Crippen LogP contribution is -2.49. The van der Waals surface area contributed by atoms with E-state index in [1.165, 1.54) is 12.4 Å². The number of ether oxygens (including phenoxy) is 1. The second-order valence-corrected chi connectivity index (χ2v) is 10.2. The highest BCUT2D eigenvalue weighted by molar-refractivity contribution is 9.10. The summed E-state index contributed by atoms with van der Waals surface area (Å²) in [5.74, 6) is -0.340. The van der Waals surface area contributed by atoms with Gasteiger partial charge in [0.05, 0.1) is 28.5 Å². The highest BCUT2D eigenvalue weighted by Gasteiger charge is 2.24. The molecule has 0 radical (unpaired) electrons. The van der Waals surface area contributed by atoms with Crippen LogP contribution in [0.3, 0.4) is 0 Å². The molecule has 1 fully saturated rings. The molecule has 2 aromatic carbocycles. The standard InChI is InChI=1S/C27H29BrClFN6O3/c1-3-23(37)34-21-12-17-20(32-15-33-27(17)35-19-8-7-18(28)25(29)26(19)30)13-22(21)39-11-10-36(24(38)4-2)16-6-5-9-31-14-16/h3,7-8,12-13,15-16,31H,1,4-6,9-11,14H2,2H3,(H,34,37)(H,32,33,35). The van der Waals surface area contributed by atoms with Crippen molar-refractivity contribution in [3.05, 3.63) is 58.6 Å². The van der Waals surface area contributed by atoms with E-state index in [0.717, 1.165) is 32.0 Å². The lowest BCUT2D eigenvalue weighted by molar-refractivity contribution is -0.134. The number of anilines is 3. The van der Waals surface area contributed by atoms with Crippen LogP contribution in [0.15, 0.2) is 47.7 Å². The van der Waals surface area contributed by atoms with Crippen molar-refractivity contribution in [2.45, 2.75) is 32.2 Å². The molecule has 12 heteroatoms. The number of nitrogens with one attached hydrogen (secondary N) is 3. The molecule has 39 heavy (non-hydrogen) atoms. The number of benzene rings is 2. The van der Waals surface area contributed by atoms with Crippen molar-refractivity contribution in [1.29, 1.82) is 0 Å². The Morgan fingerprint density at radius 2 is 2.15 bits per heavy atom. The van der Waals surface area contributed by atoms with Gasteiger partial charge in [0, 0.05) is 34.9 Å². The maximum absolute atomic E-state index is 14.7. The van der Waals surface area contributed by atoms with E-state index in [1.807, 2.05) is 11.8 Å². The maximum atomic E-state index is 14.7. The summed E-state index contributed by atoms with van der Waals surface area (Å²) in [6.45, 7) is 7.67. The minimum Gasteiger partial charge on any atom is -0.489 e. The maximum Gasteiger partial charge on any atom is 0.247 e. The molecule has 1 aliphatic heterocycles. The molecule has 3 N–H and O–H groups in total. The van der Waals surface area contributed by atoms with Gasteiger partial charge in [-0.1, -0.05) is 25.1 Å². The van der Waals surface area contributed by atoms with E-state index in [2.05, 4.69) is 48.4 Å². The molecule has 0 aliphatic carbocycles. The van der Waals surface area contributed by atoms with Crippen LogP contribution in [-0.4, -0.2) is 59.0 Å². The number of fused-ring (bicyclic) bond motifs is 1. The minimum absolute atomic E-state index is 0.0624. The van der Waals surface area contributed by atoms with E-state index in [1.54, 1.807) is 18.2 Å². The van der Waals surface area contributed by atoms with Gasteiger partial charge < -0.3 is 25.6 Å². The summed E-state index contributed by atoms with van der Waals surface area (Å²) in [6.07, 6.45) is 4.84. The predicted octanol–water partition coefficient (Wildman–Crippen LogP) is 5.42. The van der Waals surface area contributed by atoms with Gasteiger partial charge in [0.25, 0.3) is 0 Å². The molecule has 2 amide bonds. The molecule has 9 nitrogen and oxygen atoms in total. The number of amides is 2. The average Bonchev–Trinajstić information content (AvgIpc) is 2.96. The van der Waals surface area contributed by atoms with Crippen LogP contribution in [0.5, 0.6) is 5.75 Å². The zero-order valence-corrected chi connectivity index (χ0v) is 23.7. The Hall–Kier alpha value is -3.28. The number of carbonyl (C=O) groups is 2. The number of hydrogen-bond acceptors (Lipinski definition) is 7. The van der Waals surface area contributed by atoms with Crippen LogP contribution in [-0.2, 0) is 9.59 Å². The van der Waals surface area contributed by atoms with Crippen molar-refractivity contribution in [2.24, 2.45) is 0 Å². The third-order valence-electron chi connectivity index (χ3n) is 6.39. The van der Waals surface area contributed by atoms with Gasteiger partial charge in [0.2, 0.25) is 11.8 Å². The van der Waals surface area contributed by atoms with Crippen LogP contribution in [0.4, 0.5) is 21.6 Å². The zero-order chi connectivity index (χ0) is 27.9. The van der Waals surface area contributed by atoms with E-state index >= 15 is 0 Å². The number of piperidine rings is 1. The minimum atomic E-state index is -0.641. The third-order valence-corrected chi connectivity index (χ3v) is 7.65. The number of halogens is 3. The number of carbonyl (C=O) groups excluding carboxylic acids is 2. The van der Waals surface area contributed by atoms with Crippen molar-refractivity contribution in [3.63, 3.8) is 0 Å². The molecule has 2 heterocycles. The summed E-state index contributed by atoms with van der Waals surface area (Å²) in [5, 5.41) is 9.50. The lowest BCUT2D eigenvalue weighted by atomic mass is 10.1. The predicted molar refractivity (Wildman–Crippen MR) is 154 cm³/mol. The molecular weight excluding hydrogens is 591 g/mol. The molecule has 0 spiro atoms. The number of hydrogen-bond donors (Lipinski definition) is 3. The van der Waals surface area contributed by atoms with Gasteiger partial charge in [-0.15, -0.1) is 0 Å². The Bertz CT molecular complexity index is 1390. The van der Waals surface area contributed by atoms with Gasteiger partial charge >= 0.3 is 0 Å². The van der Waals surface area contributed by atoms with Crippen LogP contribution in [0.25, 0.3) is 10.9 Å². The summed E-state index contributed by atoms with van der Waals surface area (Å²) in [6, 6.07) is 6.57. The fourth-order valence-electron chi connectivity index (χ4n) is 4.40. The smallest absolute Gasteiger partial charge is 0.247 e. The highest BCUT2D eigenvalue weighted by atomic mass is 79.9. The summed E-state index contributed by atoms with van der Waals surface area (Å²) >= 11 is 9.24. The van der Waals surface area contributed by atoms with Crippen molar-refractivity contribution in [1.82, 2.24) is 20.2 Å². The van der Waals surface area contributed by atoms with Gasteiger partial charge in [-0.25, -0.2) is 14.4 Å². The van der Waals surface area contributed by atoms with E-state index in [-0.39, 0.29) is 29.3 Å². The second kappa shape index (κ2) is 13.2. The summed E-state index contributed by atoms with van der Waals surface area (Å²) < 4.78 is 21.3. The fourth-order valence-corrected chi connectivity index (χ4v) is 4.87. The Morgan fingerprint density at radius 3 is 2.87 bits per heavy atom. The second-order valence-electron chi connectivity index (χ2n) is 8.92. The Balaban J connectivity index is 1.62. The normalized spacial score (nSPS) is 15.0. The van der Waals surface area contributed by atoms with Crippen LogP contribution < -0.4 is 20.7 Å². The van der Waals surface area contributed by atoms with Gasteiger partial charge in [-0.2, -0.15) is 0 Å². The highest BCUT2D eigenvalue weighted by Crippen LogP contribution is 2.36. The van der Waals surface area contributed by atoms with Crippen LogP contribution in [0.1, 0.15) is 26.2 Å². The molecule has 4 rings (SSSR count). The molecule has 206 valence electrons. The van der Waals surface area contributed by atoms with Crippen LogP contribution in [0.2, 0.25) is 5.02 Å². The van der Waals surface area contributed by atoms with Gasteiger partial charge in [0.15, 0.2) is 5.82 Å². The number of rotatable bonds is 10. The van der Waals surface area contributed by atoms with E-state index in [0.29, 0.717) is 45.6 Å². The molecule has 0 bridgehead atoms. The van der Waals surface area contributed by atoms with Crippen LogP contribution >= 0.6 is 27.5 Å². The van der Waals surface area contributed by atoms with Crippen molar-refractivity contribution in [2.75, 3.05) is 36.9 Å². The van der Waals surface area contributed by atoms with Gasteiger partial charge in [0.1, 0.15) is 24.5 Å². The number of aromatic nitrogens is 2. The lowest BCUT2D eigenvalue weighted by Gasteiger charge is -2.34. The Labute approximate surface area is 239 Å². The summed E-state index contributed by atoms with van der Waals surface area (Å²) in [7, 11) is 0. The van der Waals surface area contributed by atoms with Crippen molar-refractivity contribution in [3.8, 4) is 5.75 Å². The van der Waals surface area contributed by atoms with Crippen LogP contribution in [0, 0.1) is 5.82 Å². The van der Waals surface area contributed by atoms with Gasteiger partial charge in [-0.05, 0) is 59.6 Å². The summed E-state index contributed by atoms with van der Waals surface area (Å²) in [4.78, 5) is 35.3. The first kappa shape index (κ1) is 28.7.